The molecule has 0 radical (unpaired) electrons. The van der Waals surface area contributed by atoms with E-state index in [0.29, 0.717) is 30.4 Å². The van der Waals surface area contributed by atoms with Gasteiger partial charge in [0.2, 0.25) is 0 Å². The van der Waals surface area contributed by atoms with Gasteiger partial charge in [-0.3, -0.25) is 9.69 Å². The van der Waals surface area contributed by atoms with Crippen LogP contribution < -0.4 is 10.2 Å². The maximum absolute atomic E-state index is 12.7. The second-order valence-corrected chi connectivity index (χ2v) is 10.1. The molecule has 182 valence electrons. The Morgan fingerprint density at radius 3 is 2.50 bits per heavy atom. The first-order valence-corrected chi connectivity index (χ1v) is 12.7. The minimum Gasteiger partial charge on any atom is -0.383 e. The van der Waals surface area contributed by atoms with Crippen molar-refractivity contribution in [3.8, 4) is 0 Å². The molecule has 6 nitrogen and oxygen atoms in total. The Bertz CT molecular complexity index is 958. The molecule has 3 aliphatic rings. The van der Waals surface area contributed by atoms with Gasteiger partial charge in [0.25, 0.3) is 5.91 Å². The quantitative estimate of drug-likeness (QED) is 0.591. The minimum absolute atomic E-state index is 0.0842. The van der Waals surface area contributed by atoms with E-state index in [1.165, 1.54) is 31.4 Å². The molecule has 5 rings (SSSR count). The fraction of sp³-hybridized carbons (Fsp3) is 0.536. The maximum Gasteiger partial charge on any atom is 0.255 e. The summed E-state index contributed by atoms with van der Waals surface area (Å²) in [6, 6.07) is 17.1. The molecule has 0 bridgehead atoms. The molecule has 1 saturated carbocycles. The van der Waals surface area contributed by atoms with Crippen LogP contribution in [-0.4, -0.2) is 62.3 Å². The second kappa shape index (κ2) is 10.5. The predicted molar refractivity (Wildman–Crippen MR) is 135 cm³/mol. The van der Waals surface area contributed by atoms with E-state index in [2.05, 4.69) is 34.2 Å². The van der Waals surface area contributed by atoms with Crippen LogP contribution in [0.4, 0.5) is 11.4 Å². The summed E-state index contributed by atoms with van der Waals surface area (Å²) in [7, 11) is 1.78. The third kappa shape index (κ3) is 5.14. The molecule has 0 spiro atoms. The highest BCUT2D eigenvalue weighted by Crippen LogP contribution is 2.36. The van der Waals surface area contributed by atoms with Crippen molar-refractivity contribution < 1.29 is 14.3 Å². The van der Waals surface area contributed by atoms with Gasteiger partial charge in [0.1, 0.15) is 0 Å². The first kappa shape index (κ1) is 23.3. The van der Waals surface area contributed by atoms with Crippen LogP contribution in [0.15, 0.2) is 48.5 Å². The zero-order valence-electron chi connectivity index (χ0n) is 20.4. The number of hydrogen-bond donors (Lipinski definition) is 1. The zero-order chi connectivity index (χ0) is 23.5. The first-order chi connectivity index (χ1) is 16.6. The molecule has 2 aliphatic heterocycles. The highest BCUT2D eigenvalue weighted by molar-refractivity contribution is 6.04. The molecule has 1 unspecified atom stereocenters. The van der Waals surface area contributed by atoms with Crippen molar-refractivity contribution in [2.24, 2.45) is 5.92 Å². The van der Waals surface area contributed by atoms with Crippen LogP contribution >= 0.6 is 0 Å². The number of likely N-dealkylation sites (tertiary alicyclic amines) is 1. The highest BCUT2D eigenvalue weighted by Gasteiger charge is 2.42. The Hall–Kier alpha value is -2.41. The molecule has 1 N–H and O–H groups in total. The van der Waals surface area contributed by atoms with Crippen molar-refractivity contribution in [2.75, 3.05) is 43.6 Å². The SMILES string of the molecule is COCC(C)N1C[C@H]2CCN(c3ccc(NC(=O)c4ccc(COC5CCC5)cc4)cc3)[C@H]2C1. The standard InChI is InChI=1S/C28H37N3O3/c1-20(18-33-2)30-16-23-14-15-31(27(23)17-30)25-12-10-24(11-13-25)29-28(32)22-8-6-21(7-9-22)19-34-26-4-3-5-26/h6-13,20,23,26-27H,3-5,14-19H2,1-2H3,(H,29,32)/t20?,23-,27+/m1/s1. The molecule has 2 aromatic rings. The zero-order valence-corrected chi connectivity index (χ0v) is 20.4. The van der Waals surface area contributed by atoms with E-state index in [-0.39, 0.29) is 5.91 Å². The van der Waals surface area contributed by atoms with E-state index in [1.54, 1.807) is 7.11 Å². The summed E-state index contributed by atoms with van der Waals surface area (Å²) in [6.07, 6.45) is 5.27. The van der Waals surface area contributed by atoms with Crippen molar-refractivity contribution in [1.29, 1.82) is 0 Å². The topological polar surface area (TPSA) is 54.0 Å². The van der Waals surface area contributed by atoms with E-state index in [4.69, 9.17) is 9.47 Å². The smallest absolute Gasteiger partial charge is 0.255 e. The molecule has 6 heteroatoms. The van der Waals surface area contributed by atoms with Gasteiger partial charge in [0.05, 0.1) is 19.3 Å². The number of carbonyl (C=O) groups is 1. The molecule has 0 aromatic heterocycles. The third-order valence-corrected chi connectivity index (χ3v) is 7.82. The summed E-state index contributed by atoms with van der Waals surface area (Å²) >= 11 is 0. The molecule has 1 aliphatic carbocycles. The van der Waals surface area contributed by atoms with Crippen LogP contribution in [0, 0.1) is 5.92 Å². The summed E-state index contributed by atoms with van der Waals surface area (Å²) in [5, 5.41) is 3.04. The number of hydrogen-bond acceptors (Lipinski definition) is 5. The van der Waals surface area contributed by atoms with Gasteiger partial charge in [0, 0.05) is 55.8 Å². The lowest BCUT2D eigenvalue weighted by molar-refractivity contribution is -0.00866. The lowest BCUT2D eigenvalue weighted by Gasteiger charge is -2.29. The summed E-state index contributed by atoms with van der Waals surface area (Å²) < 4.78 is 11.2. The number of amides is 1. The molecule has 2 saturated heterocycles. The molecule has 3 fully saturated rings. The van der Waals surface area contributed by atoms with Crippen LogP contribution in [0.1, 0.15) is 48.5 Å². The van der Waals surface area contributed by atoms with Crippen molar-refractivity contribution >= 4 is 17.3 Å². The number of nitrogens with zero attached hydrogens (tertiary/aromatic N) is 2. The Morgan fingerprint density at radius 1 is 1.06 bits per heavy atom. The molecular formula is C28H37N3O3. The number of nitrogens with one attached hydrogen (secondary N) is 1. The Morgan fingerprint density at radius 2 is 1.82 bits per heavy atom. The number of ether oxygens (including phenoxy) is 2. The van der Waals surface area contributed by atoms with Crippen LogP contribution in [0.25, 0.3) is 0 Å². The predicted octanol–water partition coefficient (Wildman–Crippen LogP) is 4.55. The summed E-state index contributed by atoms with van der Waals surface area (Å²) in [5.74, 6) is 0.639. The fourth-order valence-electron chi connectivity index (χ4n) is 5.46. The van der Waals surface area contributed by atoms with Gasteiger partial charge in [-0.25, -0.2) is 0 Å². The summed E-state index contributed by atoms with van der Waals surface area (Å²) in [4.78, 5) is 17.8. The first-order valence-electron chi connectivity index (χ1n) is 12.7. The Balaban J connectivity index is 1.15. The van der Waals surface area contributed by atoms with Crippen LogP contribution in [0.2, 0.25) is 0 Å². The lowest BCUT2D eigenvalue weighted by atomic mass is 9.96. The number of methoxy groups -OCH3 is 1. The van der Waals surface area contributed by atoms with E-state index < -0.39 is 0 Å². The molecule has 34 heavy (non-hydrogen) atoms. The van der Waals surface area contributed by atoms with Crippen molar-refractivity contribution in [2.45, 2.75) is 57.4 Å². The molecule has 1 amide bonds. The largest absolute Gasteiger partial charge is 0.383 e. The van der Waals surface area contributed by atoms with Crippen LogP contribution in [0.3, 0.4) is 0 Å². The van der Waals surface area contributed by atoms with E-state index in [9.17, 15) is 4.79 Å². The monoisotopic (exact) mass is 463 g/mol. The van der Waals surface area contributed by atoms with Gasteiger partial charge in [-0.2, -0.15) is 0 Å². The second-order valence-electron chi connectivity index (χ2n) is 10.1. The average Bonchev–Trinajstić information content (AvgIpc) is 3.40. The van der Waals surface area contributed by atoms with Gasteiger partial charge in [-0.15, -0.1) is 0 Å². The number of anilines is 2. The number of carbonyl (C=O) groups excluding carboxylic acids is 1. The van der Waals surface area contributed by atoms with Crippen LogP contribution in [-0.2, 0) is 16.1 Å². The average molecular weight is 464 g/mol. The molecule has 3 atom stereocenters. The molecule has 2 heterocycles. The van der Waals surface area contributed by atoms with Crippen molar-refractivity contribution in [3.05, 3.63) is 59.7 Å². The highest BCUT2D eigenvalue weighted by atomic mass is 16.5. The van der Waals surface area contributed by atoms with Crippen molar-refractivity contribution in [1.82, 2.24) is 4.90 Å². The normalized spacial score (nSPS) is 23.5. The van der Waals surface area contributed by atoms with E-state index in [1.807, 2.05) is 36.4 Å². The fourth-order valence-corrected chi connectivity index (χ4v) is 5.46. The lowest BCUT2D eigenvalue weighted by Crippen LogP contribution is -2.39. The van der Waals surface area contributed by atoms with Gasteiger partial charge >= 0.3 is 0 Å². The number of rotatable bonds is 9. The third-order valence-electron chi connectivity index (χ3n) is 7.82. The summed E-state index contributed by atoms with van der Waals surface area (Å²) in [6.45, 7) is 7.01. The van der Waals surface area contributed by atoms with E-state index >= 15 is 0 Å². The Kier molecular flexibility index (Phi) is 7.18. The van der Waals surface area contributed by atoms with Gasteiger partial charge in [0.15, 0.2) is 0 Å². The maximum atomic E-state index is 12.7. The van der Waals surface area contributed by atoms with Gasteiger partial charge < -0.3 is 19.7 Å². The summed E-state index contributed by atoms with van der Waals surface area (Å²) in [5.41, 5.74) is 3.83. The Labute approximate surface area is 203 Å². The molecule has 2 aromatic carbocycles. The van der Waals surface area contributed by atoms with Gasteiger partial charge in [-0.1, -0.05) is 12.1 Å². The van der Waals surface area contributed by atoms with Gasteiger partial charge in [-0.05, 0) is 80.5 Å². The number of benzene rings is 2. The number of fused-ring (bicyclic) bond motifs is 1. The van der Waals surface area contributed by atoms with Crippen molar-refractivity contribution in [3.63, 3.8) is 0 Å². The molecular weight excluding hydrogens is 426 g/mol. The van der Waals surface area contributed by atoms with Crippen LogP contribution in [0.5, 0.6) is 0 Å². The van der Waals surface area contributed by atoms with E-state index in [0.717, 1.165) is 43.4 Å². The minimum atomic E-state index is -0.0842.